The van der Waals surface area contributed by atoms with Crippen molar-refractivity contribution in [2.75, 3.05) is 7.11 Å². The third-order valence-corrected chi connectivity index (χ3v) is 1.56. The Hall–Kier alpha value is -1.17. The lowest BCUT2D eigenvalue weighted by Gasteiger charge is -2.30. The molecule has 0 heterocycles. The van der Waals surface area contributed by atoms with Crippen LogP contribution in [0, 0.1) is 0 Å². The first kappa shape index (κ1) is 15.8. The van der Waals surface area contributed by atoms with Gasteiger partial charge in [-0.25, -0.2) is 9.59 Å². The van der Waals surface area contributed by atoms with Crippen LogP contribution in [0.2, 0.25) is 0 Å². The van der Waals surface area contributed by atoms with Crippen LogP contribution in [0.15, 0.2) is 0 Å². The Labute approximate surface area is 103 Å². The highest BCUT2D eigenvalue weighted by molar-refractivity contribution is 6.40. The van der Waals surface area contributed by atoms with Crippen molar-refractivity contribution in [2.45, 2.75) is 37.8 Å². The average molecular weight is 239 g/mol. The largest absolute Gasteiger partial charge is 0.467 e. The van der Waals surface area contributed by atoms with Gasteiger partial charge in [0.05, 0.1) is 7.11 Å². The molecule has 1 unspecified atom stereocenters. The van der Waals surface area contributed by atoms with Crippen LogP contribution < -0.4 is 5.32 Å². The Morgan fingerprint density at radius 3 is 2.06 bits per heavy atom. The second-order valence-electron chi connectivity index (χ2n) is 4.49. The Balaban J connectivity index is 4.67. The molecule has 0 aromatic heterocycles. The van der Waals surface area contributed by atoms with Gasteiger partial charge in [0.1, 0.15) is 27.3 Å². The topological polar surface area (TPSA) is 84.9 Å². The number of ether oxygens (including phenoxy) is 2. The summed E-state index contributed by atoms with van der Waals surface area (Å²) in [5.74, 6) is -0.983. The first-order valence-corrected chi connectivity index (χ1v) is 4.85. The second-order valence-corrected chi connectivity index (χ2v) is 4.49. The third-order valence-electron chi connectivity index (χ3n) is 1.56. The molecule has 0 saturated heterocycles. The third kappa shape index (κ3) is 6.21. The van der Waals surface area contributed by atoms with E-state index in [1.165, 1.54) is 0 Å². The number of amides is 1. The van der Waals surface area contributed by atoms with E-state index in [1.807, 2.05) is 5.32 Å². The Kier molecular flexibility index (Phi) is 5.07. The van der Waals surface area contributed by atoms with Gasteiger partial charge in [0, 0.05) is 5.40 Å². The van der Waals surface area contributed by atoms with Crippen molar-refractivity contribution in [3.8, 4) is 0 Å². The van der Waals surface area contributed by atoms with Crippen LogP contribution in [0.4, 0.5) is 4.79 Å². The first-order chi connectivity index (χ1) is 7.47. The molecular weight excluding hydrogens is 224 g/mol. The number of esters is 1. The van der Waals surface area contributed by atoms with Gasteiger partial charge in [-0.05, 0) is 20.8 Å². The number of methoxy groups -OCH3 is 1. The van der Waals surface area contributed by atoms with Gasteiger partial charge in [-0.3, -0.25) is 0 Å². The van der Waals surface area contributed by atoms with Crippen LogP contribution in [0.1, 0.15) is 20.8 Å². The number of alkyl carbamates (subject to hydrolysis) is 1. The normalized spacial score (nSPS) is 13.7. The van der Waals surface area contributed by atoms with Crippen molar-refractivity contribution in [3.05, 3.63) is 0 Å². The van der Waals surface area contributed by atoms with Crippen LogP contribution in [-0.2, 0) is 14.3 Å². The number of hydrogen-bond donors (Lipinski definition) is 2. The van der Waals surface area contributed by atoms with Crippen molar-refractivity contribution < 1.29 is 24.2 Å². The summed E-state index contributed by atoms with van der Waals surface area (Å²) in [5.41, 5.74) is -0.758. The average Bonchev–Trinajstić information content (AvgIpc) is 2.08. The molecule has 2 N–H and O–H groups in total. The van der Waals surface area contributed by atoms with Gasteiger partial charge in [-0.1, -0.05) is 0 Å². The monoisotopic (exact) mass is 239 g/mol. The van der Waals surface area contributed by atoms with Crippen molar-refractivity contribution in [1.29, 1.82) is 0 Å². The first-order valence-electron chi connectivity index (χ1n) is 4.85. The van der Waals surface area contributed by atoms with E-state index in [9.17, 15) is 14.7 Å². The van der Waals surface area contributed by atoms with E-state index >= 15 is 0 Å². The fourth-order valence-corrected chi connectivity index (χ4v) is 0.907. The minimum atomic E-state index is -2.44. The molecule has 4 radical (unpaired) electrons. The molecular formula is C9H15B2NO5. The molecule has 92 valence electrons. The zero-order valence-electron chi connectivity index (χ0n) is 10.3. The Morgan fingerprint density at radius 2 is 1.76 bits per heavy atom. The fraction of sp³-hybridized carbons (Fsp3) is 0.778. The summed E-state index contributed by atoms with van der Waals surface area (Å²) in [6.07, 6.45) is -0.942. The molecule has 0 aliphatic rings. The maximum Gasteiger partial charge on any atom is 0.408 e. The summed E-state index contributed by atoms with van der Waals surface area (Å²) in [5, 5.41) is 8.90. The van der Waals surface area contributed by atoms with Crippen molar-refractivity contribution >= 4 is 27.8 Å². The Morgan fingerprint density at radius 1 is 1.29 bits per heavy atom. The smallest absolute Gasteiger partial charge is 0.408 e. The van der Waals surface area contributed by atoms with Crippen LogP contribution in [0.3, 0.4) is 0 Å². The number of carbonyl (C=O) groups excluding carboxylic acids is 2. The summed E-state index contributed by atoms with van der Waals surface area (Å²) in [6, 6.07) is -1.62. The van der Waals surface area contributed by atoms with E-state index in [0.29, 0.717) is 0 Å². The molecule has 0 aliphatic carbocycles. The summed E-state index contributed by atoms with van der Waals surface area (Å²) in [6.45, 7) is 4.91. The molecule has 0 rings (SSSR count). The van der Waals surface area contributed by atoms with E-state index in [2.05, 4.69) is 4.74 Å². The summed E-state index contributed by atoms with van der Waals surface area (Å²) in [7, 11) is 11.3. The predicted octanol–water partition coefficient (Wildman–Crippen LogP) is -0.964. The summed E-state index contributed by atoms with van der Waals surface area (Å²) >= 11 is 0. The molecule has 0 aromatic carbocycles. The molecule has 0 aliphatic heterocycles. The quantitative estimate of drug-likeness (QED) is 0.489. The van der Waals surface area contributed by atoms with E-state index in [1.54, 1.807) is 20.8 Å². The molecule has 0 spiro atoms. The minimum Gasteiger partial charge on any atom is -0.467 e. The number of rotatable bonds is 3. The lowest BCUT2D eigenvalue weighted by Crippen LogP contribution is -2.59. The molecule has 0 fully saturated rings. The number of aliphatic hydroxyl groups is 1. The highest BCUT2D eigenvalue weighted by atomic mass is 16.6. The SMILES string of the molecule is [B]C([B])(O)C(NC(=O)OC(C)(C)C)C(=O)OC. The molecule has 1 atom stereocenters. The van der Waals surface area contributed by atoms with Gasteiger partial charge in [-0.15, -0.1) is 0 Å². The number of carbonyl (C=O) groups is 2. The lowest BCUT2D eigenvalue weighted by atomic mass is 9.61. The summed E-state index contributed by atoms with van der Waals surface area (Å²) in [4.78, 5) is 22.6. The standard InChI is InChI=1S/C9H15B2NO5/c1-8(2,3)17-7(14)12-5(6(13)16-4)9(10,11)15/h5,15H,1-4H3,(H,12,14). The van der Waals surface area contributed by atoms with Gasteiger partial charge in [-0.2, -0.15) is 0 Å². The van der Waals surface area contributed by atoms with E-state index in [-0.39, 0.29) is 0 Å². The maximum atomic E-state index is 11.4. The lowest BCUT2D eigenvalue weighted by molar-refractivity contribution is -0.145. The maximum absolute atomic E-state index is 11.4. The molecule has 6 nitrogen and oxygen atoms in total. The highest BCUT2D eigenvalue weighted by Gasteiger charge is 2.35. The molecule has 0 aromatic rings. The van der Waals surface area contributed by atoms with Gasteiger partial charge < -0.3 is 19.9 Å². The fourth-order valence-electron chi connectivity index (χ4n) is 0.907. The molecule has 0 bridgehead atoms. The van der Waals surface area contributed by atoms with Crippen molar-refractivity contribution in [1.82, 2.24) is 5.32 Å². The number of nitrogens with one attached hydrogen (secondary N) is 1. The van der Waals surface area contributed by atoms with Crippen LogP contribution in [0.5, 0.6) is 0 Å². The minimum absolute atomic E-state index is 0.758. The summed E-state index contributed by atoms with van der Waals surface area (Å²) < 4.78 is 9.22. The van der Waals surface area contributed by atoms with Gasteiger partial charge in [0.2, 0.25) is 0 Å². The Bertz CT molecular complexity index is 295. The second kappa shape index (κ2) is 5.44. The zero-order chi connectivity index (χ0) is 13.9. The van der Waals surface area contributed by atoms with E-state index in [4.69, 9.17) is 20.4 Å². The van der Waals surface area contributed by atoms with Crippen LogP contribution in [-0.4, -0.2) is 57.0 Å². The molecule has 17 heavy (non-hydrogen) atoms. The zero-order valence-corrected chi connectivity index (χ0v) is 10.3. The van der Waals surface area contributed by atoms with E-state index < -0.39 is 29.1 Å². The predicted molar refractivity (Wildman–Crippen MR) is 61.6 cm³/mol. The highest BCUT2D eigenvalue weighted by Crippen LogP contribution is 2.09. The van der Waals surface area contributed by atoms with Gasteiger partial charge in [0.25, 0.3) is 0 Å². The van der Waals surface area contributed by atoms with Crippen LogP contribution in [0.25, 0.3) is 0 Å². The number of hydrogen-bond acceptors (Lipinski definition) is 5. The molecule has 0 saturated carbocycles. The van der Waals surface area contributed by atoms with Gasteiger partial charge in [0.15, 0.2) is 0 Å². The van der Waals surface area contributed by atoms with E-state index in [0.717, 1.165) is 7.11 Å². The molecule has 1 amide bonds. The molecule has 8 heteroatoms. The van der Waals surface area contributed by atoms with Gasteiger partial charge >= 0.3 is 12.1 Å². The van der Waals surface area contributed by atoms with Crippen LogP contribution >= 0.6 is 0 Å². The van der Waals surface area contributed by atoms with Crippen molar-refractivity contribution in [2.24, 2.45) is 0 Å². The van der Waals surface area contributed by atoms with Crippen molar-refractivity contribution in [3.63, 3.8) is 0 Å².